The van der Waals surface area contributed by atoms with Crippen LogP contribution in [0.15, 0.2) is 58.5 Å². The third kappa shape index (κ3) is 3.81. The van der Waals surface area contributed by atoms with E-state index in [0.29, 0.717) is 35.9 Å². The van der Waals surface area contributed by atoms with Gasteiger partial charge in [0.25, 0.3) is 5.56 Å². The Morgan fingerprint density at radius 2 is 1.94 bits per heavy atom. The Balaban J connectivity index is 1.48. The van der Waals surface area contributed by atoms with Crippen molar-refractivity contribution in [1.82, 2.24) is 19.2 Å². The van der Waals surface area contributed by atoms with Crippen LogP contribution in [0.25, 0.3) is 16.7 Å². The van der Waals surface area contributed by atoms with E-state index in [9.17, 15) is 9.59 Å². The Labute approximate surface area is 195 Å². The number of fused-ring (bicyclic) bond motifs is 4. The first kappa shape index (κ1) is 21.7. The predicted molar refractivity (Wildman–Crippen MR) is 129 cm³/mol. The Morgan fingerprint density at radius 1 is 1.15 bits per heavy atom. The van der Waals surface area contributed by atoms with Crippen LogP contribution in [-0.2, 0) is 22.5 Å². The molecular formula is C24H25N5O3S. The molecule has 5 rings (SSSR count). The molecular weight excluding hydrogens is 438 g/mol. The van der Waals surface area contributed by atoms with Crippen LogP contribution in [0.2, 0.25) is 0 Å². The normalized spacial score (nSPS) is 15.5. The maximum Gasteiger partial charge on any atom is 0.262 e. The van der Waals surface area contributed by atoms with E-state index in [4.69, 9.17) is 4.74 Å². The molecule has 33 heavy (non-hydrogen) atoms. The van der Waals surface area contributed by atoms with Crippen LogP contribution in [0.4, 0.5) is 5.69 Å². The highest BCUT2D eigenvalue weighted by Crippen LogP contribution is 2.33. The summed E-state index contributed by atoms with van der Waals surface area (Å²) in [5, 5.41) is 9.86. The number of anilines is 1. The number of hydrogen-bond acceptors (Lipinski definition) is 6. The van der Waals surface area contributed by atoms with E-state index in [-0.39, 0.29) is 23.3 Å². The van der Waals surface area contributed by atoms with Gasteiger partial charge < -0.3 is 9.64 Å². The van der Waals surface area contributed by atoms with Crippen molar-refractivity contribution in [1.29, 1.82) is 0 Å². The molecule has 0 fully saturated rings. The summed E-state index contributed by atoms with van der Waals surface area (Å²) in [6.07, 6.45) is 1.54. The summed E-state index contributed by atoms with van der Waals surface area (Å²) in [4.78, 5) is 28.2. The van der Waals surface area contributed by atoms with Crippen molar-refractivity contribution in [2.45, 2.75) is 37.5 Å². The number of thioether (sulfide) groups is 1. The summed E-state index contributed by atoms with van der Waals surface area (Å²) in [6.45, 7) is 3.09. The van der Waals surface area contributed by atoms with E-state index in [1.54, 1.807) is 11.7 Å². The molecule has 4 aromatic rings. The van der Waals surface area contributed by atoms with Crippen molar-refractivity contribution >= 4 is 40.0 Å². The molecule has 1 atom stereocenters. The summed E-state index contributed by atoms with van der Waals surface area (Å²) >= 11 is 1.34. The van der Waals surface area contributed by atoms with Gasteiger partial charge in [0.05, 0.1) is 16.7 Å². The quantitative estimate of drug-likeness (QED) is 0.309. The van der Waals surface area contributed by atoms with E-state index in [2.05, 4.69) is 23.2 Å². The van der Waals surface area contributed by atoms with Gasteiger partial charge in [0.15, 0.2) is 5.16 Å². The highest BCUT2D eigenvalue weighted by molar-refractivity contribution is 7.99. The first-order valence-electron chi connectivity index (χ1n) is 11.0. The van der Waals surface area contributed by atoms with Crippen LogP contribution in [-0.4, -0.2) is 50.6 Å². The van der Waals surface area contributed by atoms with Crippen molar-refractivity contribution < 1.29 is 9.53 Å². The molecule has 0 N–H and O–H groups in total. The number of carbonyl (C=O) groups is 1. The van der Waals surface area contributed by atoms with Gasteiger partial charge in [-0.05, 0) is 43.5 Å². The first-order chi connectivity index (χ1) is 16.1. The number of hydrogen-bond donors (Lipinski definition) is 0. The van der Waals surface area contributed by atoms with Gasteiger partial charge in [-0.15, -0.1) is 10.2 Å². The Kier molecular flexibility index (Phi) is 5.90. The number of methoxy groups -OCH3 is 1. The maximum atomic E-state index is 13.2. The molecule has 9 heteroatoms. The minimum Gasteiger partial charge on any atom is -0.385 e. The fourth-order valence-corrected chi connectivity index (χ4v) is 5.34. The molecule has 1 aliphatic heterocycles. The number of benzene rings is 2. The SMILES string of the molecule is COCCCn1c(=O)c2ccccc2n2c(SCC(=O)N3c4ccccc4CC3C)nnc12. The van der Waals surface area contributed by atoms with Gasteiger partial charge >= 0.3 is 0 Å². The van der Waals surface area contributed by atoms with Crippen molar-refractivity contribution in [3.63, 3.8) is 0 Å². The van der Waals surface area contributed by atoms with Crippen LogP contribution in [0.5, 0.6) is 0 Å². The summed E-state index contributed by atoms with van der Waals surface area (Å²) in [6, 6.07) is 15.6. The van der Waals surface area contributed by atoms with E-state index in [1.165, 1.54) is 17.3 Å². The standard InChI is InChI=1S/C24H25N5O3S/c1-16-14-17-8-3-5-10-19(17)28(16)21(30)15-33-24-26-25-23-27(12-7-13-32-2)22(31)18-9-4-6-11-20(18)29(23)24/h3-6,8-11,16H,7,12-15H2,1-2H3. The second-order valence-electron chi connectivity index (χ2n) is 8.17. The number of ether oxygens (including phenoxy) is 1. The summed E-state index contributed by atoms with van der Waals surface area (Å²) in [5.74, 6) is 0.743. The third-order valence-electron chi connectivity index (χ3n) is 6.01. The van der Waals surface area contributed by atoms with Crippen molar-refractivity contribution in [2.24, 2.45) is 0 Å². The number of rotatable bonds is 7. The van der Waals surface area contributed by atoms with Crippen LogP contribution in [0, 0.1) is 0 Å². The Morgan fingerprint density at radius 3 is 2.79 bits per heavy atom. The van der Waals surface area contributed by atoms with Gasteiger partial charge in [0.1, 0.15) is 0 Å². The number of carbonyl (C=O) groups excluding carboxylic acids is 1. The first-order valence-corrected chi connectivity index (χ1v) is 12.0. The summed E-state index contributed by atoms with van der Waals surface area (Å²) < 4.78 is 8.67. The molecule has 0 saturated heterocycles. The molecule has 3 heterocycles. The average Bonchev–Trinajstić information content (AvgIpc) is 3.40. The zero-order valence-corrected chi connectivity index (χ0v) is 19.4. The number of aromatic nitrogens is 4. The largest absolute Gasteiger partial charge is 0.385 e. The topological polar surface area (TPSA) is 81.7 Å². The molecule has 0 aliphatic carbocycles. The van der Waals surface area contributed by atoms with Crippen molar-refractivity contribution in [3.05, 3.63) is 64.4 Å². The van der Waals surface area contributed by atoms with Crippen molar-refractivity contribution in [3.8, 4) is 0 Å². The van der Waals surface area contributed by atoms with Crippen LogP contribution < -0.4 is 10.5 Å². The smallest absolute Gasteiger partial charge is 0.262 e. The summed E-state index contributed by atoms with van der Waals surface area (Å²) in [5.41, 5.74) is 2.82. The lowest BCUT2D eigenvalue weighted by Crippen LogP contribution is -2.37. The maximum absolute atomic E-state index is 13.2. The van der Waals surface area contributed by atoms with E-state index in [1.807, 2.05) is 51.8 Å². The van der Waals surface area contributed by atoms with Crippen LogP contribution in [0.3, 0.4) is 0 Å². The van der Waals surface area contributed by atoms with Crippen LogP contribution >= 0.6 is 11.8 Å². The lowest BCUT2D eigenvalue weighted by molar-refractivity contribution is -0.116. The van der Waals surface area contributed by atoms with Gasteiger partial charge in [-0.2, -0.15) is 0 Å². The van der Waals surface area contributed by atoms with E-state index in [0.717, 1.165) is 17.6 Å². The highest BCUT2D eigenvalue weighted by atomic mass is 32.2. The molecule has 0 radical (unpaired) electrons. The van der Waals surface area contributed by atoms with Gasteiger partial charge in [-0.25, -0.2) is 0 Å². The Bertz CT molecular complexity index is 1400. The fraction of sp³-hybridized carbons (Fsp3) is 0.333. The molecule has 1 aliphatic rings. The summed E-state index contributed by atoms with van der Waals surface area (Å²) in [7, 11) is 1.64. The minimum atomic E-state index is -0.100. The molecule has 1 unspecified atom stereocenters. The molecule has 1 amide bonds. The second-order valence-corrected chi connectivity index (χ2v) is 9.12. The molecule has 2 aromatic heterocycles. The van der Waals surface area contributed by atoms with Gasteiger partial charge in [0.2, 0.25) is 11.7 Å². The second kappa shape index (κ2) is 8.99. The highest BCUT2D eigenvalue weighted by Gasteiger charge is 2.30. The molecule has 0 saturated carbocycles. The van der Waals surface area contributed by atoms with Crippen molar-refractivity contribution in [2.75, 3.05) is 24.4 Å². The predicted octanol–water partition coefficient (Wildman–Crippen LogP) is 3.15. The molecule has 8 nitrogen and oxygen atoms in total. The third-order valence-corrected chi connectivity index (χ3v) is 6.92. The molecule has 170 valence electrons. The average molecular weight is 464 g/mol. The van der Waals surface area contributed by atoms with Crippen LogP contribution in [0.1, 0.15) is 18.9 Å². The minimum absolute atomic E-state index is 0.0342. The van der Waals surface area contributed by atoms with Gasteiger partial charge in [-0.3, -0.25) is 18.6 Å². The zero-order valence-electron chi connectivity index (χ0n) is 18.6. The van der Waals surface area contributed by atoms with Gasteiger partial charge in [0, 0.05) is 32.0 Å². The number of amides is 1. The molecule has 2 aromatic carbocycles. The lowest BCUT2D eigenvalue weighted by atomic mass is 10.1. The lowest BCUT2D eigenvalue weighted by Gasteiger charge is -2.22. The monoisotopic (exact) mass is 463 g/mol. The molecule has 0 spiro atoms. The zero-order chi connectivity index (χ0) is 22.9. The number of aryl methyl sites for hydroxylation is 1. The van der Waals surface area contributed by atoms with Gasteiger partial charge in [-0.1, -0.05) is 42.1 Å². The van der Waals surface area contributed by atoms with E-state index >= 15 is 0 Å². The fourth-order valence-electron chi connectivity index (χ4n) is 4.54. The molecule has 0 bridgehead atoms. The van der Waals surface area contributed by atoms with E-state index < -0.39 is 0 Å². The number of nitrogens with zero attached hydrogens (tertiary/aromatic N) is 5. The number of para-hydroxylation sites is 2. The Hall–Kier alpha value is -3.17.